The smallest absolute Gasteiger partial charge is 0.328 e. The summed E-state index contributed by atoms with van der Waals surface area (Å²) >= 11 is 0. The SMILES string of the molecule is COC(=O)C(NC(=O)c1coc2ccccc12)C(C)C. The van der Waals surface area contributed by atoms with Crippen LogP contribution in [-0.2, 0) is 9.53 Å². The van der Waals surface area contributed by atoms with E-state index in [1.54, 1.807) is 12.1 Å². The van der Waals surface area contributed by atoms with Crippen LogP contribution in [0.25, 0.3) is 11.0 Å². The van der Waals surface area contributed by atoms with E-state index in [0.717, 1.165) is 5.39 Å². The maximum absolute atomic E-state index is 12.3. The predicted molar refractivity (Wildman–Crippen MR) is 74.3 cm³/mol. The fourth-order valence-electron chi connectivity index (χ4n) is 2.00. The van der Waals surface area contributed by atoms with Crippen LogP contribution in [0.15, 0.2) is 34.9 Å². The molecule has 5 heteroatoms. The molecule has 5 nitrogen and oxygen atoms in total. The van der Waals surface area contributed by atoms with E-state index in [0.29, 0.717) is 11.1 Å². The molecule has 1 aromatic carbocycles. The molecule has 0 aliphatic carbocycles. The van der Waals surface area contributed by atoms with Crippen LogP contribution >= 0.6 is 0 Å². The lowest BCUT2D eigenvalue weighted by Gasteiger charge is -2.19. The van der Waals surface area contributed by atoms with Crippen molar-refractivity contribution in [2.24, 2.45) is 5.92 Å². The van der Waals surface area contributed by atoms with Gasteiger partial charge in [-0.2, -0.15) is 0 Å². The van der Waals surface area contributed by atoms with E-state index >= 15 is 0 Å². The average Bonchev–Trinajstić information content (AvgIpc) is 2.87. The van der Waals surface area contributed by atoms with E-state index in [9.17, 15) is 9.59 Å². The molecule has 1 aromatic heterocycles. The number of ether oxygens (including phenoxy) is 1. The van der Waals surface area contributed by atoms with Gasteiger partial charge in [0.15, 0.2) is 0 Å². The number of hydrogen-bond acceptors (Lipinski definition) is 4. The molecular formula is C15H17NO4. The third-order valence-electron chi connectivity index (χ3n) is 3.13. The number of fused-ring (bicyclic) bond motifs is 1. The van der Waals surface area contributed by atoms with Gasteiger partial charge in [-0.25, -0.2) is 4.79 Å². The monoisotopic (exact) mass is 275 g/mol. The van der Waals surface area contributed by atoms with E-state index in [4.69, 9.17) is 9.15 Å². The van der Waals surface area contributed by atoms with Crippen molar-refractivity contribution in [1.82, 2.24) is 5.32 Å². The first-order chi connectivity index (χ1) is 9.54. The van der Waals surface area contributed by atoms with Gasteiger partial charge in [0.05, 0.1) is 12.7 Å². The van der Waals surface area contributed by atoms with Crippen LogP contribution in [0, 0.1) is 5.92 Å². The highest BCUT2D eigenvalue weighted by Gasteiger charge is 2.26. The minimum atomic E-state index is -0.679. The van der Waals surface area contributed by atoms with Crippen molar-refractivity contribution in [3.63, 3.8) is 0 Å². The van der Waals surface area contributed by atoms with Crippen LogP contribution in [0.4, 0.5) is 0 Å². The van der Waals surface area contributed by atoms with Gasteiger partial charge >= 0.3 is 5.97 Å². The van der Waals surface area contributed by atoms with Crippen LogP contribution < -0.4 is 5.32 Å². The van der Waals surface area contributed by atoms with Crippen molar-refractivity contribution in [1.29, 1.82) is 0 Å². The van der Waals surface area contributed by atoms with Crippen molar-refractivity contribution >= 4 is 22.8 Å². The summed E-state index contributed by atoms with van der Waals surface area (Å²) in [5.74, 6) is -0.871. The third-order valence-corrected chi connectivity index (χ3v) is 3.13. The summed E-state index contributed by atoms with van der Waals surface area (Å²) in [4.78, 5) is 23.9. The molecule has 0 radical (unpaired) electrons. The number of rotatable bonds is 4. The number of furan rings is 1. The van der Waals surface area contributed by atoms with Gasteiger partial charge in [0.1, 0.15) is 17.9 Å². The Labute approximate surface area is 116 Å². The van der Waals surface area contributed by atoms with Crippen LogP contribution in [0.5, 0.6) is 0 Å². The molecule has 0 saturated heterocycles. The van der Waals surface area contributed by atoms with Gasteiger partial charge in [0.25, 0.3) is 5.91 Å². The fraction of sp³-hybridized carbons (Fsp3) is 0.333. The summed E-state index contributed by atoms with van der Waals surface area (Å²) in [7, 11) is 1.30. The van der Waals surface area contributed by atoms with Crippen molar-refractivity contribution in [2.75, 3.05) is 7.11 Å². The Bertz CT molecular complexity index is 630. The lowest BCUT2D eigenvalue weighted by molar-refractivity contribution is -0.144. The summed E-state index contributed by atoms with van der Waals surface area (Å²) in [5.41, 5.74) is 1.05. The highest BCUT2D eigenvalue weighted by molar-refractivity contribution is 6.06. The normalized spacial score (nSPS) is 12.4. The topological polar surface area (TPSA) is 68.5 Å². The Kier molecular flexibility index (Phi) is 4.08. The Morgan fingerprint density at radius 3 is 2.60 bits per heavy atom. The summed E-state index contributed by atoms with van der Waals surface area (Å²) in [5, 5.41) is 3.41. The molecule has 1 N–H and O–H groups in total. The number of methoxy groups -OCH3 is 1. The number of carbonyl (C=O) groups excluding carboxylic acids is 2. The van der Waals surface area contributed by atoms with E-state index in [-0.39, 0.29) is 11.8 Å². The average molecular weight is 275 g/mol. The predicted octanol–water partition coefficient (Wildman–Crippen LogP) is 2.36. The minimum absolute atomic E-state index is 0.0652. The number of para-hydroxylation sites is 1. The van der Waals surface area contributed by atoms with Gasteiger partial charge in [-0.05, 0) is 12.0 Å². The number of esters is 1. The molecule has 1 atom stereocenters. The molecule has 106 valence electrons. The third kappa shape index (κ3) is 2.66. The highest BCUT2D eigenvalue weighted by Crippen LogP contribution is 2.20. The summed E-state index contributed by atoms with van der Waals surface area (Å²) in [6, 6.07) is 6.57. The number of hydrogen-bond donors (Lipinski definition) is 1. The summed E-state index contributed by atoms with van der Waals surface area (Å²) in [6.45, 7) is 3.69. The second-order valence-corrected chi connectivity index (χ2v) is 4.86. The lowest BCUT2D eigenvalue weighted by Crippen LogP contribution is -2.44. The summed E-state index contributed by atoms with van der Waals surface area (Å²) in [6.07, 6.45) is 1.40. The van der Waals surface area contributed by atoms with Crippen molar-refractivity contribution < 1.29 is 18.7 Å². The highest BCUT2D eigenvalue weighted by atomic mass is 16.5. The van der Waals surface area contributed by atoms with Gasteiger partial charge < -0.3 is 14.5 Å². The zero-order valence-electron chi connectivity index (χ0n) is 11.7. The second kappa shape index (κ2) is 5.77. The van der Waals surface area contributed by atoms with E-state index < -0.39 is 12.0 Å². The molecule has 0 saturated carbocycles. The molecule has 0 aliphatic heterocycles. The first kappa shape index (κ1) is 14.1. The zero-order valence-corrected chi connectivity index (χ0v) is 11.7. The molecule has 0 aliphatic rings. The largest absolute Gasteiger partial charge is 0.467 e. The van der Waals surface area contributed by atoms with Crippen LogP contribution in [0.1, 0.15) is 24.2 Å². The van der Waals surface area contributed by atoms with Crippen LogP contribution in [0.3, 0.4) is 0 Å². The van der Waals surface area contributed by atoms with Crippen LogP contribution in [-0.4, -0.2) is 25.0 Å². The molecule has 1 heterocycles. The first-order valence-corrected chi connectivity index (χ1v) is 6.39. The molecule has 0 spiro atoms. The van der Waals surface area contributed by atoms with E-state index in [1.807, 2.05) is 26.0 Å². The van der Waals surface area contributed by atoms with Gasteiger partial charge in [-0.15, -0.1) is 0 Å². The Hall–Kier alpha value is -2.30. The van der Waals surface area contributed by atoms with E-state index in [2.05, 4.69) is 5.32 Å². The van der Waals surface area contributed by atoms with Gasteiger partial charge in [-0.1, -0.05) is 32.0 Å². The molecule has 0 bridgehead atoms. The van der Waals surface area contributed by atoms with Crippen molar-refractivity contribution in [3.05, 3.63) is 36.1 Å². The Balaban J connectivity index is 2.25. The van der Waals surface area contributed by atoms with Gasteiger partial charge in [-0.3, -0.25) is 4.79 Å². The molecule has 0 fully saturated rings. The Morgan fingerprint density at radius 2 is 1.95 bits per heavy atom. The van der Waals surface area contributed by atoms with Crippen LogP contribution in [0.2, 0.25) is 0 Å². The number of nitrogens with one attached hydrogen (secondary N) is 1. The maximum Gasteiger partial charge on any atom is 0.328 e. The molecule has 20 heavy (non-hydrogen) atoms. The molecule has 2 rings (SSSR count). The second-order valence-electron chi connectivity index (χ2n) is 4.86. The molecular weight excluding hydrogens is 258 g/mol. The fourth-order valence-corrected chi connectivity index (χ4v) is 2.00. The lowest BCUT2D eigenvalue weighted by atomic mass is 10.0. The summed E-state index contributed by atoms with van der Waals surface area (Å²) < 4.78 is 10.0. The quantitative estimate of drug-likeness (QED) is 0.870. The van der Waals surface area contributed by atoms with Gasteiger partial charge in [0.2, 0.25) is 0 Å². The van der Waals surface area contributed by atoms with Crippen molar-refractivity contribution in [2.45, 2.75) is 19.9 Å². The van der Waals surface area contributed by atoms with E-state index in [1.165, 1.54) is 13.4 Å². The number of amides is 1. The molecule has 2 aromatic rings. The standard InChI is InChI=1S/C15H17NO4/c1-9(2)13(15(18)19-3)16-14(17)11-8-20-12-7-5-4-6-10(11)12/h4-9,13H,1-3H3,(H,16,17). The maximum atomic E-state index is 12.3. The van der Waals surface area contributed by atoms with Gasteiger partial charge in [0, 0.05) is 5.39 Å². The number of benzene rings is 1. The minimum Gasteiger partial charge on any atom is -0.467 e. The van der Waals surface area contributed by atoms with Crippen molar-refractivity contribution in [3.8, 4) is 0 Å². The molecule has 1 unspecified atom stereocenters. The molecule has 1 amide bonds. The number of carbonyl (C=O) groups is 2. The zero-order chi connectivity index (χ0) is 14.7. The first-order valence-electron chi connectivity index (χ1n) is 6.39. The Morgan fingerprint density at radius 1 is 1.25 bits per heavy atom.